The molecule has 238 valence electrons. The molecule has 13 heteroatoms. The second-order valence-corrected chi connectivity index (χ2v) is 13.6. The monoisotopic (exact) mass is 615 g/mol. The van der Waals surface area contributed by atoms with Crippen LogP contribution in [0, 0.1) is 0 Å². The number of amides is 1. The van der Waals surface area contributed by atoms with Gasteiger partial charge in [-0.3, -0.25) is 22.9 Å². The molecule has 0 spiro atoms. The molecule has 0 aliphatic carbocycles. The maximum atomic E-state index is 12.2. The van der Waals surface area contributed by atoms with Crippen LogP contribution >= 0.6 is 15.6 Å². The summed E-state index contributed by atoms with van der Waals surface area (Å²) in [5.41, 5.74) is 0. The number of hydrogen-bond donors (Lipinski definition) is 3. The number of carbonyl (C=O) groups is 1. The van der Waals surface area contributed by atoms with E-state index in [0.717, 1.165) is 19.3 Å². The number of carbonyl (C=O) groups excluding carboxylic acids is 1. The van der Waals surface area contributed by atoms with Crippen LogP contribution in [0.2, 0.25) is 0 Å². The molecule has 1 aliphatic rings. The van der Waals surface area contributed by atoms with Gasteiger partial charge in [-0.15, -0.1) is 0 Å². The van der Waals surface area contributed by atoms with Crippen LogP contribution in [0.1, 0.15) is 124 Å². The van der Waals surface area contributed by atoms with Gasteiger partial charge >= 0.3 is 15.6 Å². The lowest BCUT2D eigenvalue weighted by atomic mass is 10.0. The molecule has 0 aromatic carbocycles. The van der Waals surface area contributed by atoms with Gasteiger partial charge < -0.3 is 19.8 Å². The van der Waals surface area contributed by atoms with Gasteiger partial charge in [0.2, 0.25) is 5.91 Å². The Morgan fingerprint density at radius 1 is 0.875 bits per heavy atom. The molecule has 0 saturated carbocycles. The first-order valence-corrected chi connectivity index (χ1v) is 18.2. The highest BCUT2D eigenvalue weighted by Gasteiger charge is 2.38. The first kappa shape index (κ1) is 37.7. The molecule has 1 fully saturated rings. The van der Waals surface area contributed by atoms with Gasteiger partial charge in [0.05, 0.1) is 19.3 Å². The lowest BCUT2D eigenvalue weighted by Crippen LogP contribution is -2.28. The van der Waals surface area contributed by atoms with E-state index in [4.69, 9.17) is 22.8 Å². The molecule has 0 aromatic heterocycles. The van der Waals surface area contributed by atoms with Crippen LogP contribution in [0.3, 0.4) is 0 Å². The quantitative estimate of drug-likeness (QED) is 0.0700. The van der Waals surface area contributed by atoms with Crippen LogP contribution in [0.5, 0.6) is 0 Å². The van der Waals surface area contributed by atoms with Crippen LogP contribution in [-0.4, -0.2) is 60.4 Å². The predicted octanol–water partition coefficient (Wildman–Crippen LogP) is 6.81. The fourth-order valence-electron chi connectivity index (χ4n) is 4.44. The summed E-state index contributed by atoms with van der Waals surface area (Å²) in [6.45, 7) is 5.60. The maximum Gasteiger partial charge on any atom is 0.472 e. The third-order valence-electron chi connectivity index (χ3n) is 6.57. The normalized spacial score (nSPS) is 20.4. The lowest BCUT2D eigenvalue weighted by Gasteiger charge is -2.23. The summed E-state index contributed by atoms with van der Waals surface area (Å²) in [4.78, 5) is 31.7. The summed E-state index contributed by atoms with van der Waals surface area (Å²) in [5, 5.41) is 2.80. The summed E-state index contributed by atoms with van der Waals surface area (Å²) in [6.07, 6.45) is 15.4. The summed E-state index contributed by atoms with van der Waals surface area (Å²) >= 11 is 0. The number of phosphoric ester groups is 2. The molecule has 3 N–H and O–H groups in total. The van der Waals surface area contributed by atoms with Gasteiger partial charge in [-0.1, -0.05) is 84.0 Å². The summed E-state index contributed by atoms with van der Waals surface area (Å²) < 4.78 is 49.5. The molecule has 11 nitrogen and oxygen atoms in total. The highest BCUT2D eigenvalue weighted by atomic mass is 31.2. The molecule has 1 amide bonds. The van der Waals surface area contributed by atoms with Gasteiger partial charge in [0.1, 0.15) is 12.2 Å². The average molecular weight is 616 g/mol. The van der Waals surface area contributed by atoms with Crippen molar-refractivity contribution in [3.05, 3.63) is 0 Å². The molecular weight excluding hydrogens is 560 g/mol. The van der Waals surface area contributed by atoms with E-state index < -0.39 is 34.0 Å². The molecule has 0 radical (unpaired) electrons. The molecule has 1 saturated heterocycles. The van der Waals surface area contributed by atoms with E-state index >= 15 is 0 Å². The second-order valence-electron chi connectivity index (χ2n) is 10.8. The Hall–Kier alpha value is -0.350. The highest BCUT2D eigenvalue weighted by molar-refractivity contribution is 7.47. The first-order chi connectivity index (χ1) is 19.0. The molecular formula is C27H55NO10P2. The Morgan fingerprint density at radius 3 is 2.02 bits per heavy atom. The van der Waals surface area contributed by atoms with Crippen molar-refractivity contribution in [2.45, 2.75) is 142 Å². The number of ether oxygens (including phenoxy) is 1. The lowest BCUT2D eigenvalue weighted by molar-refractivity contribution is -0.121. The van der Waals surface area contributed by atoms with Gasteiger partial charge in [0.25, 0.3) is 0 Å². The fourth-order valence-corrected chi connectivity index (χ4v) is 6.38. The number of nitrogens with one attached hydrogen (secondary N) is 1. The zero-order chi connectivity index (χ0) is 29.7. The minimum atomic E-state index is -4.36. The van der Waals surface area contributed by atoms with Crippen LogP contribution in [0.4, 0.5) is 0 Å². The van der Waals surface area contributed by atoms with E-state index in [1.165, 1.54) is 64.2 Å². The largest absolute Gasteiger partial charge is 0.472 e. The molecule has 1 heterocycles. The third-order valence-corrected chi connectivity index (χ3v) is 8.78. The number of hydrogen-bond acceptors (Lipinski definition) is 8. The first-order valence-electron chi connectivity index (χ1n) is 15.2. The van der Waals surface area contributed by atoms with E-state index in [0.29, 0.717) is 25.8 Å². The fraction of sp³-hybridized carbons (Fsp3) is 0.963. The second kappa shape index (κ2) is 22.2. The molecule has 0 bridgehead atoms. The van der Waals surface area contributed by atoms with Gasteiger partial charge in [-0.2, -0.15) is 0 Å². The van der Waals surface area contributed by atoms with Crippen LogP contribution in [0.15, 0.2) is 0 Å². The Bertz CT molecular complexity index is 755. The highest BCUT2D eigenvalue weighted by Crippen LogP contribution is 2.48. The summed E-state index contributed by atoms with van der Waals surface area (Å²) in [7, 11) is -8.65. The van der Waals surface area contributed by atoms with Crippen molar-refractivity contribution in [3.8, 4) is 0 Å². The Morgan fingerprint density at radius 2 is 1.45 bits per heavy atom. The van der Waals surface area contributed by atoms with Crippen molar-refractivity contribution in [2.75, 3.05) is 26.4 Å². The van der Waals surface area contributed by atoms with Gasteiger partial charge in [-0.25, -0.2) is 9.13 Å². The van der Waals surface area contributed by atoms with Gasteiger partial charge in [-0.05, 0) is 26.7 Å². The topological polar surface area (TPSA) is 150 Å². The van der Waals surface area contributed by atoms with Crippen molar-refractivity contribution in [3.63, 3.8) is 0 Å². The molecule has 0 aromatic rings. The molecule has 4 unspecified atom stereocenters. The number of rotatable bonds is 26. The van der Waals surface area contributed by atoms with E-state index in [9.17, 15) is 23.7 Å². The van der Waals surface area contributed by atoms with Crippen LogP contribution in [-0.2, 0) is 36.8 Å². The van der Waals surface area contributed by atoms with Crippen molar-refractivity contribution in [1.82, 2.24) is 5.32 Å². The van der Waals surface area contributed by atoms with Crippen molar-refractivity contribution < 1.29 is 46.5 Å². The van der Waals surface area contributed by atoms with E-state index in [1.807, 2.05) is 0 Å². The molecule has 1 rings (SSSR count). The number of unbranched alkanes of at least 4 members (excludes halogenated alkanes) is 12. The zero-order valence-electron chi connectivity index (χ0n) is 24.9. The minimum absolute atomic E-state index is 0.0291. The Labute approximate surface area is 241 Å². The van der Waals surface area contributed by atoms with E-state index in [1.54, 1.807) is 13.8 Å². The van der Waals surface area contributed by atoms with Crippen molar-refractivity contribution >= 4 is 21.6 Å². The van der Waals surface area contributed by atoms with Crippen LogP contribution in [0.25, 0.3) is 0 Å². The average Bonchev–Trinajstić information content (AvgIpc) is 3.30. The molecule has 4 atom stereocenters. The van der Waals surface area contributed by atoms with Crippen LogP contribution < -0.4 is 5.32 Å². The minimum Gasteiger partial charge on any atom is -0.373 e. The SMILES string of the molecule is CCCCCCCCCCCCCCCC(=O)NCCCOP(=O)(O)OCC1OCCC1OP(=O)(O)OC(C)C. The third kappa shape index (κ3) is 20.5. The van der Waals surface area contributed by atoms with E-state index in [-0.39, 0.29) is 25.7 Å². The van der Waals surface area contributed by atoms with Crippen molar-refractivity contribution in [2.24, 2.45) is 0 Å². The maximum absolute atomic E-state index is 12.2. The van der Waals surface area contributed by atoms with Gasteiger partial charge in [0, 0.05) is 26.0 Å². The molecule has 40 heavy (non-hydrogen) atoms. The number of phosphoric acid groups is 2. The van der Waals surface area contributed by atoms with E-state index in [2.05, 4.69) is 12.2 Å². The summed E-state index contributed by atoms with van der Waals surface area (Å²) in [5.74, 6) is -0.0291. The smallest absolute Gasteiger partial charge is 0.373 e. The molecule has 1 aliphatic heterocycles. The summed E-state index contributed by atoms with van der Waals surface area (Å²) in [6, 6.07) is 0. The predicted molar refractivity (Wildman–Crippen MR) is 155 cm³/mol. The Kier molecular flexibility index (Phi) is 20.9. The van der Waals surface area contributed by atoms with Crippen molar-refractivity contribution in [1.29, 1.82) is 0 Å². The zero-order valence-corrected chi connectivity index (χ0v) is 26.7. The Balaban J connectivity index is 2.02. The standard InChI is InChI=1S/C27H55NO10P2/c1-4-5-6-7-8-9-10-11-12-13-14-15-16-18-27(29)28-20-17-21-35-39(30,31)36-23-26-25(19-22-34-26)38-40(32,33)37-24(2)3/h24-26H,4-23H2,1-3H3,(H,28,29)(H,30,31)(H,32,33). The van der Waals surface area contributed by atoms with Gasteiger partial charge in [0.15, 0.2) is 0 Å².